The SMILES string of the molecule is COCCOCCOCCOCCNC(=O)O[C@@H]1CC[C@@H](C[C@@H](C)[C@@H]2C[C@@H](O)[C@H](C)/C=C(\C)[C@@H](O)[C@@H](OC)C(=O)[C@H](C)C[C@H](C)/C=C/C=C/C=C(\C)[C@@H](OC)C[C@@H]3CC[C@@H](C)[C@@](O)(O3)C(=O)CN3CCCC[C@H]3C(=O)O2)C[C@H]1OC. The molecule has 4 rings (SSSR count). The first-order chi connectivity index (χ1) is 38.3. The Bertz CT molecular complexity index is 1980. The molecule has 0 aromatic heterocycles. The summed E-state index contributed by atoms with van der Waals surface area (Å²) in [6.45, 7) is 16.7. The number of methoxy groups -OCH3 is 4. The van der Waals surface area contributed by atoms with Crippen molar-refractivity contribution in [3.8, 4) is 0 Å². The number of carbonyl (C=O) groups excluding carboxylic acids is 4. The van der Waals surface area contributed by atoms with Crippen molar-refractivity contribution in [1.29, 1.82) is 0 Å². The molecular formula is C61H102N2O17. The van der Waals surface area contributed by atoms with E-state index in [1.54, 1.807) is 39.2 Å². The number of nitrogens with one attached hydrogen (secondary N) is 1. The van der Waals surface area contributed by atoms with E-state index in [0.29, 0.717) is 110 Å². The summed E-state index contributed by atoms with van der Waals surface area (Å²) < 4.78 is 57.6. The largest absolute Gasteiger partial charge is 0.461 e. The highest BCUT2D eigenvalue weighted by Gasteiger charge is 2.49. The molecule has 1 amide bonds. The van der Waals surface area contributed by atoms with Crippen molar-refractivity contribution in [1.82, 2.24) is 10.2 Å². The average Bonchev–Trinajstić information content (AvgIpc) is 3.52. The Kier molecular flexibility index (Phi) is 31.3. The van der Waals surface area contributed by atoms with Gasteiger partial charge in [0.15, 0.2) is 5.78 Å². The lowest BCUT2D eigenvalue weighted by atomic mass is 9.78. The van der Waals surface area contributed by atoms with Crippen LogP contribution in [0.25, 0.3) is 0 Å². The van der Waals surface area contributed by atoms with Crippen LogP contribution in [0.4, 0.5) is 4.79 Å². The fraction of sp³-hybridized carbons (Fsp3) is 0.803. The van der Waals surface area contributed by atoms with Gasteiger partial charge in [0.05, 0.1) is 77.2 Å². The van der Waals surface area contributed by atoms with Crippen LogP contribution < -0.4 is 5.32 Å². The summed E-state index contributed by atoms with van der Waals surface area (Å²) >= 11 is 0. The van der Waals surface area contributed by atoms with Crippen molar-refractivity contribution in [2.24, 2.45) is 35.5 Å². The molecule has 0 spiro atoms. The van der Waals surface area contributed by atoms with E-state index in [1.807, 2.05) is 71.9 Å². The molecule has 19 heteroatoms. The first kappa shape index (κ1) is 69.1. The van der Waals surface area contributed by atoms with Crippen molar-refractivity contribution in [3.63, 3.8) is 0 Å². The number of aliphatic hydroxyl groups is 3. The van der Waals surface area contributed by atoms with Crippen LogP contribution in [0.2, 0.25) is 0 Å². The van der Waals surface area contributed by atoms with E-state index in [-0.39, 0.29) is 61.9 Å². The minimum atomic E-state index is -2.07. The van der Waals surface area contributed by atoms with Gasteiger partial charge < -0.3 is 68.0 Å². The molecule has 3 fully saturated rings. The second kappa shape index (κ2) is 36.3. The third kappa shape index (κ3) is 22.3. The van der Waals surface area contributed by atoms with E-state index in [4.69, 9.17) is 47.4 Å². The van der Waals surface area contributed by atoms with Crippen LogP contribution in [0.3, 0.4) is 0 Å². The summed E-state index contributed by atoms with van der Waals surface area (Å²) in [5, 5.41) is 38.5. The molecule has 2 saturated heterocycles. The van der Waals surface area contributed by atoms with Crippen LogP contribution in [0.1, 0.15) is 126 Å². The van der Waals surface area contributed by atoms with Gasteiger partial charge in [0.2, 0.25) is 11.6 Å². The molecule has 1 saturated carbocycles. The fourth-order valence-electron chi connectivity index (χ4n) is 11.6. The number of ketones is 2. The van der Waals surface area contributed by atoms with Gasteiger partial charge in [-0.3, -0.25) is 19.3 Å². The first-order valence-corrected chi connectivity index (χ1v) is 29.5. The van der Waals surface area contributed by atoms with E-state index < -0.39 is 84.1 Å². The Morgan fingerprint density at radius 3 is 2.16 bits per heavy atom. The van der Waals surface area contributed by atoms with Gasteiger partial charge in [-0.15, -0.1) is 0 Å². The number of nitrogens with zero attached hydrogens (tertiary/aromatic N) is 1. The van der Waals surface area contributed by atoms with Gasteiger partial charge in [-0.25, -0.2) is 4.79 Å². The summed E-state index contributed by atoms with van der Waals surface area (Å²) in [7, 11) is 6.25. The number of aliphatic hydroxyl groups excluding tert-OH is 2. The van der Waals surface area contributed by atoms with Crippen LogP contribution in [0.15, 0.2) is 47.6 Å². The monoisotopic (exact) mass is 1130 g/mol. The van der Waals surface area contributed by atoms with Crippen LogP contribution in [0, 0.1) is 35.5 Å². The minimum absolute atomic E-state index is 0.0339. The zero-order valence-electron chi connectivity index (χ0n) is 50.2. The number of allylic oxidation sites excluding steroid dienone is 5. The van der Waals surface area contributed by atoms with Gasteiger partial charge in [0, 0.05) is 65.6 Å². The number of fused-ring (bicyclic) bond motifs is 3. The Hall–Kier alpha value is -3.44. The molecule has 0 aromatic carbocycles. The molecule has 80 heavy (non-hydrogen) atoms. The summed E-state index contributed by atoms with van der Waals surface area (Å²) in [5.41, 5.74) is 1.40. The Balaban J connectivity index is 1.52. The van der Waals surface area contributed by atoms with Crippen LogP contribution >= 0.6 is 0 Å². The number of carbonyl (C=O) groups is 4. The molecular weight excluding hydrogens is 1030 g/mol. The van der Waals surface area contributed by atoms with Crippen molar-refractivity contribution in [3.05, 3.63) is 47.6 Å². The second-order valence-electron chi connectivity index (χ2n) is 23.0. The first-order valence-electron chi connectivity index (χ1n) is 29.5. The molecule has 3 heterocycles. The number of ether oxygens (including phenoxy) is 10. The van der Waals surface area contributed by atoms with E-state index in [2.05, 4.69) is 5.32 Å². The lowest BCUT2D eigenvalue weighted by Crippen LogP contribution is -2.58. The molecule has 3 aliphatic heterocycles. The van der Waals surface area contributed by atoms with Crippen molar-refractivity contribution in [2.45, 2.75) is 186 Å². The lowest BCUT2D eigenvalue weighted by Gasteiger charge is -2.43. The van der Waals surface area contributed by atoms with Crippen molar-refractivity contribution in [2.75, 3.05) is 94.3 Å². The third-order valence-corrected chi connectivity index (χ3v) is 16.7. The Morgan fingerprint density at radius 1 is 0.787 bits per heavy atom. The molecule has 0 radical (unpaired) electrons. The second-order valence-corrected chi connectivity index (χ2v) is 23.0. The highest BCUT2D eigenvalue weighted by molar-refractivity contribution is 5.89. The van der Waals surface area contributed by atoms with Gasteiger partial charge in [-0.2, -0.15) is 0 Å². The molecule has 19 nitrogen and oxygen atoms in total. The van der Waals surface area contributed by atoms with E-state index in [1.165, 1.54) is 7.11 Å². The van der Waals surface area contributed by atoms with Gasteiger partial charge in [-0.05, 0) is 107 Å². The van der Waals surface area contributed by atoms with Crippen LogP contribution in [0.5, 0.6) is 0 Å². The zero-order valence-corrected chi connectivity index (χ0v) is 50.2. The maximum absolute atomic E-state index is 14.7. The highest BCUT2D eigenvalue weighted by Crippen LogP contribution is 2.38. The molecule has 1 aliphatic carbocycles. The standard InChI is InChI=1S/C61H102N2O17/c1-40-17-13-12-14-18-41(2)52(72-9)37-48-22-20-46(7)61(70,80-48)55(65)39-63-25-16-15-19-49(63)59(68)78-53(38-50(64)42(3)34-45(6)57(67)58(74-11)56(66)44(5)33-40)43(4)35-47-21-23-51(54(36-47)73-10)79-60(69)62-24-26-75-29-30-77-32-31-76-28-27-71-8/h12-14,17-18,34,40,42-44,46-54,57-58,64,67,70H,15-16,19-33,35-39H2,1-11H3,(H,62,69)/b14-12+,17-13+,41-18+,45-34+/t40-,42-,43-,44-,46-,47+,48+,49+,50-,51-,52+,53+,54-,57-,58+,61-/m1/s1. The number of alkyl carbamates (subject to hydrolysis) is 1. The van der Waals surface area contributed by atoms with Crippen molar-refractivity contribution >= 4 is 23.6 Å². The zero-order chi connectivity index (χ0) is 58.8. The van der Waals surface area contributed by atoms with Gasteiger partial charge in [-0.1, -0.05) is 77.5 Å². The van der Waals surface area contributed by atoms with E-state index in [0.717, 1.165) is 18.4 Å². The number of hydrogen-bond acceptors (Lipinski definition) is 18. The quantitative estimate of drug-likeness (QED) is 0.0586. The molecule has 0 unspecified atom stereocenters. The Morgan fingerprint density at radius 2 is 1.49 bits per heavy atom. The predicted molar refractivity (Wildman–Crippen MR) is 303 cm³/mol. The lowest BCUT2D eigenvalue weighted by molar-refractivity contribution is -0.267. The highest BCUT2D eigenvalue weighted by atomic mass is 16.6. The number of piperidine rings is 1. The van der Waals surface area contributed by atoms with E-state index >= 15 is 0 Å². The van der Waals surface area contributed by atoms with Crippen LogP contribution in [-0.2, 0) is 61.8 Å². The third-order valence-electron chi connectivity index (χ3n) is 16.7. The predicted octanol–water partition coefficient (Wildman–Crippen LogP) is 6.88. The molecule has 4 aliphatic rings. The van der Waals surface area contributed by atoms with Gasteiger partial charge in [0.25, 0.3) is 0 Å². The summed E-state index contributed by atoms with van der Waals surface area (Å²) in [6, 6.07) is -0.787. The number of cyclic esters (lactones) is 1. The molecule has 16 atom stereocenters. The van der Waals surface area contributed by atoms with Gasteiger partial charge in [0.1, 0.15) is 30.5 Å². The normalized spacial score (nSPS) is 36.0. The molecule has 458 valence electrons. The summed E-state index contributed by atoms with van der Waals surface area (Å²) in [4.78, 5) is 57.6. The molecule has 2 bridgehead atoms. The average molecular weight is 1140 g/mol. The van der Waals surface area contributed by atoms with Crippen LogP contribution in [-0.4, -0.2) is 199 Å². The number of amides is 1. The maximum Gasteiger partial charge on any atom is 0.407 e. The fourth-order valence-corrected chi connectivity index (χ4v) is 11.6. The number of rotatable bonds is 19. The smallest absolute Gasteiger partial charge is 0.407 e. The molecule has 0 aromatic rings. The molecule has 4 N–H and O–H groups in total. The number of esters is 1. The Labute approximate surface area is 477 Å². The summed E-state index contributed by atoms with van der Waals surface area (Å²) in [5.74, 6) is -4.93. The van der Waals surface area contributed by atoms with Gasteiger partial charge >= 0.3 is 12.1 Å². The number of Topliss-reactive ketones (excluding diaryl/α,β-unsaturated/α-hetero) is 2. The maximum atomic E-state index is 14.7. The minimum Gasteiger partial charge on any atom is -0.461 e. The topological polar surface area (TPSA) is 237 Å². The summed E-state index contributed by atoms with van der Waals surface area (Å²) in [6.07, 6.45) is 11.6. The van der Waals surface area contributed by atoms with Crippen molar-refractivity contribution < 1.29 is 81.9 Å². The number of hydrogen-bond donors (Lipinski definition) is 4. The van der Waals surface area contributed by atoms with E-state index in [9.17, 15) is 34.5 Å².